The molecule has 19 heavy (non-hydrogen) atoms. The molecule has 104 valence electrons. The van der Waals surface area contributed by atoms with Gasteiger partial charge in [-0.1, -0.05) is 13.0 Å². The van der Waals surface area contributed by atoms with E-state index in [1.54, 1.807) is 0 Å². The molecule has 1 aliphatic rings. The standard InChI is InChI=1S/C16H24N2O/c1-4-16(8-9-16)11-18-15(19)13-7-6-12(3)10-14(13)17-5-2/h6-7,10,17H,4-5,8-9,11H2,1-3H3,(H,18,19). The maximum Gasteiger partial charge on any atom is 0.253 e. The molecule has 0 unspecified atom stereocenters. The first kappa shape index (κ1) is 13.9. The Balaban J connectivity index is 2.05. The Morgan fingerprint density at radius 3 is 2.63 bits per heavy atom. The van der Waals surface area contributed by atoms with Gasteiger partial charge in [-0.2, -0.15) is 0 Å². The van der Waals surface area contributed by atoms with E-state index in [4.69, 9.17) is 0 Å². The van der Waals surface area contributed by atoms with Crippen LogP contribution in [0.25, 0.3) is 0 Å². The number of amides is 1. The van der Waals surface area contributed by atoms with Gasteiger partial charge in [-0.05, 0) is 56.2 Å². The number of nitrogens with one attached hydrogen (secondary N) is 2. The Hall–Kier alpha value is -1.51. The molecule has 1 amide bonds. The molecule has 1 fully saturated rings. The SMILES string of the molecule is CCNc1cc(C)ccc1C(=O)NCC1(CC)CC1. The molecule has 1 aromatic rings. The van der Waals surface area contributed by atoms with Gasteiger partial charge in [0, 0.05) is 18.8 Å². The fourth-order valence-corrected chi connectivity index (χ4v) is 2.39. The van der Waals surface area contributed by atoms with Gasteiger partial charge < -0.3 is 10.6 Å². The minimum absolute atomic E-state index is 0.0377. The molecule has 0 bridgehead atoms. The smallest absolute Gasteiger partial charge is 0.253 e. The summed E-state index contributed by atoms with van der Waals surface area (Å²) in [5.74, 6) is 0.0377. The Kier molecular flexibility index (Phi) is 4.13. The molecule has 1 saturated carbocycles. The van der Waals surface area contributed by atoms with E-state index >= 15 is 0 Å². The fourth-order valence-electron chi connectivity index (χ4n) is 2.39. The molecule has 1 aliphatic carbocycles. The predicted octanol–water partition coefficient (Wildman–Crippen LogP) is 3.35. The molecule has 2 N–H and O–H groups in total. The summed E-state index contributed by atoms with van der Waals surface area (Å²) in [7, 11) is 0. The van der Waals surface area contributed by atoms with Crippen molar-refractivity contribution in [1.82, 2.24) is 5.32 Å². The molecular weight excluding hydrogens is 236 g/mol. The molecule has 0 aliphatic heterocycles. The molecule has 3 heteroatoms. The van der Waals surface area contributed by atoms with Gasteiger partial charge in [-0.15, -0.1) is 0 Å². The van der Waals surface area contributed by atoms with E-state index in [0.29, 0.717) is 5.41 Å². The zero-order valence-corrected chi connectivity index (χ0v) is 12.2. The minimum atomic E-state index is 0.0377. The molecule has 3 nitrogen and oxygen atoms in total. The first-order valence-electron chi connectivity index (χ1n) is 7.23. The number of benzene rings is 1. The second kappa shape index (κ2) is 5.64. The normalized spacial score (nSPS) is 15.9. The quantitative estimate of drug-likeness (QED) is 0.823. The number of aryl methyl sites for hydroxylation is 1. The molecule has 2 rings (SSSR count). The van der Waals surface area contributed by atoms with E-state index in [1.807, 2.05) is 32.0 Å². The van der Waals surface area contributed by atoms with Crippen LogP contribution in [0.2, 0.25) is 0 Å². The molecule has 0 spiro atoms. The van der Waals surface area contributed by atoms with Crippen molar-refractivity contribution in [3.05, 3.63) is 29.3 Å². The number of carbonyl (C=O) groups is 1. The average Bonchev–Trinajstić information content (AvgIpc) is 3.17. The van der Waals surface area contributed by atoms with Crippen LogP contribution in [0.3, 0.4) is 0 Å². The summed E-state index contributed by atoms with van der Waals surface area (Å²) in [5, 5.41) is 6.36. The van der Waals surface area contributed by atoms with Crippen LogP contribution in [0.1, 0.15) is 49.0 Å². The van der Waals surface area contributed by atoms with Crippen LogP contribution in [-0.2, 0) is 0 Å². The lowest BCUT2D eigenvalue weighted by molar-refractivity contribution is 0.0945. The highest BCUT2D eigenvalue weighted by Gasteiger charge is 2.40. The molecule has 0 aromatic heterocycles. The molecule has 0 atom stereocenters. The second-order valence-electron chi connectivity index (χ2n) is 5.62. The third kappa shape index (κ3) is 3.28. The number of anilines is 1. The van der Waals surface area contributed by atoms with Crippen molar-refractivity contribution in [2.24, 2.45) is 5.41 Å². The number of hydrogen-bond donors (Lipinski definition) is 2. The van der Waals surface area contributed by atoms with Crippen molar-refractivity contribution in [2.75, 3.05) is 18.4 Å². The van der Waals surface area contributed by atoms with E-state index in [2.05, 4.69) is 17.6 Å². The lowest BCUT2D eigenvalue weighted by atomic mass is 10.0. The van der Waals surface area contributed by atoms with Crippen molar-refractivity contribution < 1.29 is 4.79 Å². The summed E-state index contributed by atoms with van der Waals surface area (Å²) in [6, 6.07) is 5.93. The Morgan fingerprint density at radius 1 is 1.32 bits per heavy atom. The summed E-state index contributed by atoms with van der Waals surface area (Å²) < 4.78 is 0. The van der Waals surface area contributed by atoms with Gasteiger partial charge in [0.25, 0.3) is 5.91 Å². The first-order valence-corrected chi connectivity index (χ1v) is 7.23. The zero-order chi connectivity index (χ0) is 13.9. The summed E-state index contributed by atoms with van der Waals surface area (Å²) in [6.45, 7) is 7.92. The number of rotatable bonds is 6. The third-order valence-electron chi connectivity index (χ3n) is 4.12. The van der Waals surface area contributed by atoms with Gasteiger partial charge in [0.2, 0.25) is 0 Å². The maximum absolute atomic E-state index is 12.3. The summed E-state index contributed by atoms with van der Waals surface area (Å²) in [4.78, 5) is 12.3. The average molecular weight is 260 g/mol. The Morgan fingerprint density at radius 2 is 2.05 bits per heavy atom. The van der Waals surface area contributed by atoms with Crippen LogP contribution in [0.4, 0.5) is 5.69 Å². The van der Waals surface area contributed by atoms with E-state index < -0.39 is 0 Å². The van der Waals surface area contributed by atoms with Gasteiger partial charge in [-0.25, -0.2) is 0 Å². The van der Waals surface area contributed by atoms with E-state index in [9.17, 15) is 4.79 Å². The minimum Gasteiger partial charge on any atom is -0.385 e. The van der Waals surface area contributed by atoms with Crippen LogP contribution in [-0.4, -0.2) is 19.0 Å². The van der Waals surface area contributed by atoms with Crippen LogP contribution >= 0.6 is 0 Å². The molecule has 0 saturated heterocycles. The van der Waals surface area contributed by atoms with Gasteiger partial charge in [0.05, 0.1) is 5.56 Å². The fraction of sp³-hybridized carbons (Fsp3) is 0.562. The van der Waals surface area contributed by atoms with Crippen molar-refractivity contribution in [1.29, 1.82) is 0 Å². The first-order chi connectivity index (χ1) is 9.10. The third-order valence-corrected chi connectivity index (χ3v) is 4.12. The van der Waals surface area contributed by atoms with E-state index in [1.165, 1.54) is 18.4 Å². The van der Waals surface area contributed by atoms with Crippen molar-refractivity contribution in [2.45, 2.75) is 40.0 Å². The topological polar surface area (TPSA) is 41.1 Å². The van der Waals surface area contributed by atoms with Gasteiger partial charge >= 0.3 is 0 Å². The van der Waals surface area contributed by atoms with Gasteiger partial charge in [-0.3, -0.25) is 4.79 Å². The second-order valence-corrected chi connectivity index (χ2v) is 5.62. The highest BCUT2D eigenvalue weighted by molar-refractivity contribution is 5.99. The lowest BCUT2D eigenvalue weighted by Gasteiger charge is -2.15. The summed E-state index contributed by atoms with van der Waals surface area (Å²) >= 11 is 0. The van der Waals surface area contributed by atoms with Gasteiger partial charge in [0.15, 0.2) is 0 Å². The number of carbonyl (C=O) groups excluding carboxylic acids is 1. The van der Waals surface area contributed by atoms with Crippen molar-refractivity contribution in [3.63, 3.8) is 0 Å². The molecule has 0 radical (unpaired) electrons. The van der Waals surface area contributed by atoms with E-state index in [0.717, 1.165) is 30.8 Å². The number of hydrogen-bond acceptors (Lipinski definition) is 2. The van der Waals surface area contributed by atoms with Crippen LogP contribution in [0, 0.1) is 12.3 Å². The van der Waals surface area contributed by atoms with Crippen LogP contribution in [0.5, 0.6) is 0 Å². The monoisotopic (exact) mass is 260 g/mol. The maximum atomic E-state index is 12.3. The Labute approximate surface area is 115 Å². The molecular formula is C16H24N2O. The molecule has 0 heterocycles. The highest BCUT2D eigenvalue weighted by atomic mass is 16.1. The van der Waals surface area contributed by atoms with Gasteiger partial charge in [0.1, 0.15) is 0 Å². The van der Waals surface area contributed by atoms with Crippen LogP contribution < -0.4 is 10.6 Å². The highest BCUT2D eigenvalue weighted by Crippen LogP contribution is 2.47. The van der Waals surface area contributed by atoms with Crippen molar-refractivity contribution in [3.8, 4) is 0 Å². The summed E-state index contributed by atoms with van der Waals surface area (Å²) in [6.07, 6.45) is 3.65. The summed E-state index contributed by atoms with van der Waals surface area (Å²) in [5.41, 5.74) is 3.24. The Bertz CT molecular complexity index is 464. The zero-order valence-electron chi connectivity index (χ0n) is 12.2. The predicted molar refractivity (Wildman–Crippen MR) is 79.6 cm³/mol. The molecule has 1 aromatic carbocycles. The van der Waals surface area contributed by atoms with Crippen LogP contribution in [0.15, 0.2) is 18.2 Å². The lowest BCUT2D eigenvalue weighted by Crippen LogP contribution is -2.30. The largest absolute Gasteiger partial charge is 0.385 e. The van der Waals surface area contributed by atoms with Crippen molar-refractivity contribution >= 4 is 11.6 Å². The van der Waals surface area contributed by atoms with E-state index in [-0.39, 0.29) is 5.91 Å².